The molecule has 2 nitrogen and oxygen atoms in total. The van der Waals surface area contributed by atoms with Crippen LogP contribution in [0.25, 0.3) is 0 Å². The zero-order valence-electron chi connectivity index (χ0n) is 2.60. The Bertz CT molecular complexity index is 107. The molecule has 0 saturated heterocycles. The molecule has 0 bridgehead atoms. The van der Waals surface area contributed by atoms with E-state index >= 15 is 0 Å². The van der Waals surface area contributed by atoms with Gasteiger partial charge in [-0.2, -0.15) is 9.98 Å². The molecule has 0 aromatic rings. The number of hydrogen-bond acceptors (Lipinski definition) is 2. The highest BCUT2D eigenvalue weighted by Crippen LogP contribution is 1.95. The van der Waals surface area contributed by atoms with Gasteiger partial charge in [0.05, 0.1) is 0 Å². The van der Waals surface area contributed by atoms with Crippen LogP contribution in [0, 0.1) is 0 Å². The number of aliphatic imine (C=N–C) groups is 2. The van der Waals surface area contributed by atoms with E-state index in [0.717, 1.165) is 0 Å². The van der Waals surface area contributed by atoms with Gasteiger partial charge in [0, 0.05) is 0 Å². The zero-order chi connectivity index (χ0) is 3.70. The molecular formula is C3H2N2. The first-order valence-electron chi connectivity index (χ1n) is 1.25. The highest BCUT2D eigenvalue weighted by Gasteiger charge is 1.84. The molecule has 0 aromatic heterocycles. The molecule has 0 fully saturated rings. The maximum absolute atomic E-state index is 3.46. The first-order chi connectivity index (χ1) is 2.39. The summed E-state index contributed by atoms with van der Waals surface area (Å²) in [5, 5.41) is 0. The minimum atomic E-state index is 0.574. The molecule has 0 radical (unpaired) electrons. The molecule has 0 spiro atoms. The second-order valence-corrected chi connectivity index (χ2v) is 0.740. The van der Waals surface area contributed by atoms with E-state index in [0.29, 0.717) is 5.82 Å². The van der Waals surface area contributed by atoms with E-state index in [2.05, 4.69) is 22.6 Å². The summed E-state index contributed by atoms with van der Waals surface area (Å²) in [7, 11) is 0. The lowest BCUT2D eigenvalue weighted by atomic mass is 10.8. The van der Waals surface area contributed by atoms with Crippen molar-refractivity contribution >= 4 is 6.01 Å². The molecule has 24 valence electrons. The van der Waals surface area contributed by atoms with E-state index < -0.39 is 0 Å². The second kappa shape index (κ2) is 0.535. The van der Waals surface area contributed by atoms with Gasteiger partial charge in [-0.3, -0.25) is 0 Å². The fourth-order valence-electron chi connectivity index (χ4n) is 0.121. The molecule has 5 heavy (non-hydrogen) atoms. The van der Waals surface area contributed by atoms with Gasteiger partial charge in [-0.1, -0.05) is 6.58 Å². The lowest BCUT2D eigenvalue weighted by molar-refractivity contribution is 1.21. The molecule has 0 aliphatic carbocycles. The Morgan fingerprint density at radius 3 is 2.00 bits per heavy atom. The van der Waals surface area contributed by atoms with Gasteiger partial charge < -0.3 is 0 Å². The predicted molar refractivity (Wildman–Crippen MR) is 19.0 cm³/mol. The molecule has 0 amide bonds. The summed E-state index contributed by atoms with van der Waals surface area (Å²) in [5.74, 6) is 0.574. The maximum Gasteiger partial charge on any atom is 0.167 e. The van der Waals surface area contributed by atoms with Crippen LogP contribution >= 0.6 is 0 Å². The third kappa shape index (κ3) is 0.149. The van der Waals surface area contributed by atoms with Gasteiger partial charge in [0.1, 0.15) is 6.01 Å². The number of rotatable bonds is 0. The van der Waals surface area contributed by atoms with Gasteiger partial charge in [0.25, 0.3) is 0 Å². The Balaban J connectivity index is 2.96. The van der Waals surface area contributed by atoms with E-state index in [1.165, 1.54) is 0 Å². The SMILES string of the molecule is C=C1N=C=N1. The maximum atomic E-state index is 3.46. The molecule has 2 heteroatoms. The van der Waals surface area contributed by atoms with Gasteiger partial charge >= 0.3 is 0 Å². The van der Waals surface area contributed by atoms with Crippen molar-refractivity contribution in [3.63, 3.8) is 0 Å². The van der Waals surface area contributed by atoms with Crippen molar-refractivity contribution in [3.8, 4) is 0 Å². The van der Waals surface area contributed by atoms with Crippen LogP contribution in [0.4, 0.5) is 0 Å². The van der Waals surface area contributed by atoms with E-state index in [-0.39, 0.29) is 0 Å². The van der Waals surface area contributed by atoms with Crippen LogP contribution < -0.4 is 0 Å². The summed E-state index contributed by atoms with van der Waals surface area (Å²) in [5.41, 5.74) is 0. The van der Waals surface area contributed by atoms with Gasteiger partial charge in [0.2, 0.25) is 0 Å². The monoisotopic (exact) mass is 66.0 g/mol. The zero-order valence-corrected chi connectivity index (χ0v) is 2.60. The van der Waals surface area contributed by atoms with Crippen molar-refractivity contribution in [2.45, 2.75) is 0 Å². The minimum absolute atomic E-state index is 0.574. The largest absolute Gasteiger partial charge is 0.167 e. The highest BCUT2D eigenvalue weighted by molar-refractivity contribution is 5.52. The predicted octanol–water partition coefficient (Wildman–Crippen LogP) is 0.645. The fourth-order valence-corrected chi connectivity index (χ4v) is 0.121. The summed E-state index contributed by atoms with van der Waals surface area (Å²) >= 11 is 0. The average Bonchev–Trinajstić information content (AvgIpc) is 1.30. The van der Waals surface area contributed by atoms with Crippen molar-refractivity contribution in [3.05, 3.63) is 12.4 Å². The number of nitrogens with zero attached hydrogens (tertiary/aromatic N) is 2. The summed E-state index contributed by atoms with van der Waals surface area (Å²) in [6, 6.07) is 2.31. The topological polar surface area (TPSA) is 24.7 Å². The molecule has 1 aliphatic rings. The summed E-state index contributed by atoms with van der Waals surface area (Å²) in [6.07, 6.45) is 0. The fraction of sp³-hybridized carbons (Fsp3) is 0. The minimum Gasteiger partial charge on any atom is -0.167 e. The Hall–Kier alpha value is -0.880. The normalized spacial score (nSPS) is 15.6. The standard InChI is InChI=1S/C3H2N2/c1-3-4-2-5-3/h1H2. The van der Waals surface area contributed by atoms with Crippen molar-refractivity contribution in [1.29, 1.82) is 0 Å². The lowest BCUT2D eigenvalue weighted by Crippen LogP contribution is -1.73. The molecule has 0 saturated carbocycles. The Morgan fingerprint density at radius 1 is 1.60 bits per heavy atom. The molecule has 0 N–H and O–H groups in total. The van der Waals surface area contributed by atoms with Gasteiger partial charge in [-0.05, 0) is 0 Å². The van der Waals surface area contributed by atoms with Gasteiger partial charge in [-0.25, -0.2) is 0 Å². The van der Waals surface area contributed by atoms with Crippen molar-refractivity contribution in [2.24, 2.45) is 9.98 Å². The average molecular weight is 66.1 g/mol. The quantitative estimate of drug-likeness (QED) is 0.396. The van der Waals surface area contributed by atoms with Crippen molar-refractivity contribution in [2.75, 3.05) is 0 Å². The smallest absolute Gasteiger partial charge is 0.167 e. The highest BCUT2D eigenvalue weighted by atomic mass is 15.0. The third-order valence-corrected chi connectivity index (χ3v) is 0.358. The van der Waals surface area contributed by atoms with Gasteiger partial charge in [0.15, 0.2) is 5.82 Å². The van der Waals surface area contributed by atoms with E-state index in [1.807, 2.05) is 0 Å². The summed E-state index contributed by atoms with van der Waals surface area (Å²) in [6.45, 7) is 3.36. The van der Waals surface area contributed by atoms with Crippen LogP contribution in [0.1, 0.15) is 0 Å². The molecule has 0 aromatic carbocycles. The molecule has 0 atom stereocenters. The Morgan fingerprint density at radius 2 is 2.00 bits per heavy atom. The molecule has 0 unspecified atom stereocenters. The summed E-state index contributed by atoms with van der Waals surface area (Å²) < 4.78 is 0. The van der Waals surface area contributed by atoms with Crippen LogP contribution in [0.2, 0.25) is 0 Å². The van der Waals surface area contributed by atoms with Crippen LogP contribution in [0.5, 0.6) is 0 Å². The van der Waals surface area contributed by atoms with Crippen molar-refractivity contribution in [1.82, 2.24) is 0 Å². The van der Waals surface area contributed by atoms with Crippen molar-refractivity contribution < 1.29 is 0 Å². The summed E-state index contributed by atoms with van der Waals surface area (Å²) in [4.78, 5) is 6.92. The first kappa shape index (κ1) is 2.36. The second-order valence-electron chi connectivity index (χ2n) is 0.740. The van der Waals surface area contributed by atoms with E-state index in [4.69, 9.17) is 0 Å². The Labute approximate surface area is 29.6 Å². The van der Waals surface area contributed by atoms with Crippen LogP contribution in [0.3, 0.4) is 0 Å². The molecule has 1 heterocycles. The molecular weight excluding hydrogens is 64.0 g/mol. The van der Waals surface area contributed by atoms with Gasteiger partial charge in [-0.15, -0.1) is 0 Å². The first-order valence-corrected chi connectivity index (χ1v) is 1.25. The van der Waals surface area contributed by atoms with Crippen LogP contribution in [-0.4, -0.2) is 6.01 Å². The lowest BCUT2D eigenvalue weighted by Gasteiger charge is -1.84. The molecule has 1 rings (SSSR count). The third-order valence-electron chi connectivity index (χ3n) is 0.358. The van der Waals surface area contributed by atoms with Crippen LogP contribution in [-0.2, 0) is 0 Å². The van der Waals surface area contributed by atoms with E-state index in [1.54, 1.807) is 0 Å². The van der Waals surface area contributed by atoms with E-state index in [9.17, 15) is 0 Å². The van der Waals surface area contributed by atoms with Crippen LogP contribution in [0.15, 0.2) is 22.4 Å². The molecule has 1 aliphatic heterocycles. The number of hydrogen-bond donors (Lipinski definition) is 0. The Kier molecular flexibility index (Phi) is 0.253.